The van der Waals surface area contributed by atoms with Crippen molar-refractivity contribution in [2.24, 2.45) is 0 Å². The summed E-state index contributed by atoms with van der Waals surface area (Å²) in [6, 6.07) is 0. The molecule has 0 aromatic heterocycles. The molecule has 1 N–H and O–H groups in total. The molecular formula is C7H13BrO2. The second-order valence-corrected chi connectivity index (χ2v) is 3.78. The summed E-state index contributed by atoms with van der Waals surface area (Å²) in [4.78, 5) is -0.0353. The van der Waals surface area contributed by atoms with Gasteiger partial charge in [-0.15, -0.1) is 0 Å². The maximum Gasteiger partial charge on any atom is 0.167 e. The van der Waals surface area contributed by atoms with Crippen LogP contribution in [0.5, 0.6) is 0 Å². The lowest BCUT2D eigenvalue weighted by Gasteiger charge is -2.13. The maximum atomic E-state index is 9.07. The van der Waals surface area contributed by atoms with Gasteiger partial charge in [0.15, 0.2) is 6.29 Å². The number of halogens is 1. The highest BCUT2D eigenvalue weighted by molar-refractivity contribution is 9.09. The van der Waals surface area contributed by atoms with E-state index >= 15 is 0 Å². The van der Waals surface area contributed by atoms with Crippen LogP contribution in [-0.4, -0.2) is 22.8 Å². The van der Waals surface area contributed by atoms with Crippen molar-refractivity contribution in [3.05, 3.63) is 12.2 Å². The highest BCUT2D eigenvalue weighted by atomic mass is 79.9. The molecule has 0 amide bonds. The Morgan fingerprint density at radius 3 is 2.60 bits per heavy atom. The maximum absolute atomic E-state index is 9.07. The first-order valence-electron chi connectivity index (χ1n) is 3.12. The van der Waals surface area contributed by atoms with Crippen molar-refractivity contribution >= 4 is 15.9 Å². The van der Waals surface area contributed by atoms with E-state index in [1.54, 1.807) is 0 Å². The lowest BCUT2D eigenvalue weighted by molar-refractivity contribution is -0.0865. The van der Waals surface area contributed by atoms with E-state index in [0.29, 0.717) is 6.61 Å². The van der Waals surface area contributed by atoms with Crippen molar-refractivity contribution in [3.8, 4) is 0 Å². The second-order valence-electron chi connectivity index (χ2n) is 2.34. The summed E-state index contributed by atoms with van der Waals surface area (Å²) in [7, 11) is 0. The van der Waals surface area contributed by atoms with E-state index in [9.17, 15) is 0 Å². The molecule has 0 fully saturated rings. The van der Waals surface area contributed by atoms with E-state index in [2.05, 4.69) is 22.5 Å². The Kier molecular flexibility index (Phi) is 4.95. The molecule has 1 unspecified atom stereocenters. The van der Waals surface area contributed by atoms with Crippen LogP contribution in [0.3, 0.4) is 0 Å². The van der Waals surface area contributed by atoms with Crippen molar-refractivity contribution in [1.29, 1.82) is 0 Å². The van der Waals surface area contributed by atoms with Gasteiger partial charge < -0.3 is 9.84 Å². The first-order valence-corrected chi connectivity index (χ1v) is 4.03. The molecule has 0 saturated heterocycles. The topological polar surface area (TPSA) is 29.5 Å². The monoisotopic (exact) mass is 208 g/mol. The van der Waals surface area contributed by atoms with Gasteiger partial charge in [0.05, 0.1) is 11.4 Å². The van der Waals surface area contributed by atoms with Crippen LogP contribution in [-0.2, 0) is 4.74 Å². The Hall–Kier alpha value is 0.140. The highest BCUT2D eigenvalue weighted by Crippen LogP contribution is 2.06. The molecule has 0 radical (unpaired) electrons. The summed E-state index contributed by atoms with van der Waals surface area (Å²) in [5, 5.41) is 9.07. The zero-order valence-electron chi connectivity index (χ0n) is 6.30. The third-order valence-electron chi connectivity index (χ3n) is 0.893. The van der Waals surface area contributed by atoms with Crippen molar-refractivity contribution < 1.29 is 9.84 Å². The first kappa shape index (κ1) is 10.1. The minimum atomic E-state index is -0.739. The number of hydrogen-bond donors (Lipinski definition) is 1. The van der Waals surface area contributed by atoms with Crippen LogP contribution in [0.15, 0.2) is 12.2 Å². The molecule has 0 saturated carbocycles. The van der Waals surface area contributed by atoms with Crippen LogP contribution >= 0.6 is 15.9 Å². The summed E-state index contributed by atoms with van der Waals surface area (Å²) in [6.07, 6.45) is -0.739. The van der Waals surface area contributed by atoms with Gasteiger partial charge >= 0.3 is 0 Å². The van der Waals surface area contributed by atoms with Gasteiger partial charge in [-0.25, -0.2) is 0 Å². The van der Waals surface area contributed by atoms with Gasteiger partial charge in [0.25, 0.3) is 0 Å². The van der Waals surface area contributed by atoms with Gasteiger partial charge in [0.2, 0.25) is 0 Å². The Labute approximate surface area is 70.0 Å². The van der Waals surface area contributed by atoms with Gasteiger partial charge in [0, 0.05) is 0 Å². The standard InChI is InChI=1S/C7H13BrO2/c1-5(2)4-10-7(9)6(3)8/h6-7,9H,1,4H2,2-3H3/t6?,7-/m1/s1. The van der Waals surface area contributed by atoms with Crippen molar-refractivity contribution in [1.82, 2.24) is 0 Å². The summed E-state index contributed by atoms with van der Waals surface area (Å²) in [5.41, 5.74) is 0.909. The van der Waals surface area contributed by atoms with Crippen LogP contribution in [0.1, 0.15) is 13.8 Å². The van der Waals surface area contributed by atoms with Crippen molar-refractivity contribution in [2.75, 3.05) is 6.61 Å². The Morgan fingerprint density at radius 2 is 2.30 bits per heavy atom. The number of ether oxygens (including phenoxy) is 1. The van der Waals surface area contributed by atoms with Crippen molar-refractivity contribution in [2.45, 2.75) is 25.0 Å². The van der Waals surface area contributed by atoms with Crippen LogP contribution < -0.4 is 0 Å². The Balaban J connectivity index is 3.39. The van der Waals surface area contributed by atoms with E-state index in [1.807, 2.05) is 13.8 Å². The normalized spacial score (nSPS) is 16.4. The van der Waals surface area contributed by atoms with E-state index < -0.39 is 6.29 Å². The van der Waals surface area contributed by atoms with E-state index in [-0.39, 0.29) is 4.83 Å². The molecule has 0 aliphatic heterocycles. The molecule has 0 spiro atoms. The average Bonchev–Trinajstić information content (AvgIpc) is 1.82. The minimum absolute atomic E-state index is 0.0353. The quantitative estimate of drug-likeness (QED) is 0.433. The molecular weight excluding hydrogens is 196 g/mol. The number of hydrogen-bond acceptors (Lipinski definition) is 2. The number of aliphatic hydroxyl groups excluding tert-OH is 1. The molecule has 0 aliphatic carbocycles. The average molecular weight is 209 g/mol. The lowest BCUT2D eigenvalue weighted by atomic mass is 10.4. The van der Waals surface area contributed by atoms with Crippen LogP contribution in [0.25, 0.3) is 0 Å². The molecule has 60 valence electrons. The molecule has 0 heterocycles. The first-order chi connectivity index (χ1) is 4.54. The van der Waals surface area contributed by atoms with E-state index in [4.69, 9.17) is 9.84 Å². The van der Waals surface area contributed by atoms with Gasteiger partial charge in [-0.2, -0.15) is 0 Å². The summed E-state index contributed by atoms with van der Waals surface area (Å²) in [5.74, 6) is 0. The van der Waals surface area contributed by atoms with Gasteiger partial charge in [-0.3, -0.25) is 0 Å². The molecule has 0 bridgehead atoms. The number of rotatable bonds is 4. The fourth-order valence-corrected chi connectivity index (χ4v) is 0.513. The second kappa shape index (κ2) is 4.88. The van der Waals surface area contributed by atoms with Gasteiger partial charge in [-0.05, 0) is 13.8 Å². The molecule has 0 aromatic rings. The fourth-order valence-electron chi connectivity index (χ4n) is 0.360. The molecule has 2 nitrogen and oxygen atoms in total. The van der Waals surface area contributed by atoms with Crippen LogP contribution in [0, 0.1) is 0 Å². The Morgan fingerprint density at radius 1 is 1.80 bits per heavy atom. The van der Waals surface area contributed by atoms with E-state index in [0.717, 1.165) is 5.57 Å². The number of aliphatic hydroxyl groups is 1. The molecule has 10 heavy (non-hydrogen) atoms. The molecule has 0 rings (SSSR count). The third-order valence-corrected chi connectivity index (χ3v) is 1.35. The van der Waals surface area contributed by atoms with Gasteiger partial charge in [-0.1, -0.05) is 28.1 Å². The summed E-state index contributed by atoms with van der Waals surface area (Å²) < 4.78 is 4.97. The molecule has 0 aliphatic rings. The zero-order valence-corrected chi connectivity index (χ0v) is 7.89. The van der Waals surface area contributed by atoms with E-state index in [1.165, 1.54) is 0 Å². The fraction of sp³-hybridized carbons (Fsp3) is 0.714. The van der Waals surface area contributed by atoms with Gasteiger partial charge in [0.1, 0.15) is 0 Å². The van der Waals surface area contributed by atoms with Crippen LogP contribution in [0.2, 0.25) is 0 Å². The zero-order chi connectivity index (χ0) is 8.15. The number of alkyl halides is 1. The van der Waals surface area contributed by atoms with Crippen molar-refractivity contribution in [3.63, 3.8) is 0 Å². The summed E-state index contributed by atoms with van der Waals surface area (Å²) >= 11 is 3.19. The predicted octanol–water partition coefficient (Wildman–Crippen LogP) is 1.68. The highest BCUT2D eigenvalue weighted by Gasteiger charge is 2.09. The lowest BCUT2D eigenvalue weighted by Crippen LogP contribution is -2.21. The molecule has 2 atom stereocenters. The SMILES string of the molecule is C=C(C)CO[C@@H](O)C(C)Br. The third kappa shape index (κ3) is 4.97. The Bertz CT molecular complexity index is 112. The predicted molar refractivity (Wildman–Crippen MR) is 45.2 cm³/mol. The minimum Gasteiger partial charge on any atom is -0.367 e. The summed E-state index contributed by atoms with van der Waals surface area (Å²) in [6.45, 7) is 7.72. The molecule has 0 aromatic carbocycles. The van der Waals surface area contributed by atoms with Crippen LogP contribution in [0.4, 0.5) is 0 Å². The smallest absolute Gasteiger partial charge is 0.167 e. The largest absolute Gasteiger partial charge is 0.367 e. The molecule has 3 heteroatoms.